The first-order valence-corrected chi connectivity index (χ1v) is 9.92. The zero-order valence-corrected chi connectivity index (χ0v) is 17.4. The summed E-state index contributed by atoms with van der Waals surface area (Å²) in [5, 5.41) is -0.600. The lowest BCUT2D eigenvalue weighted by Gasteiger charge is -2.17. The van der Waals surface area contributed by atoms with Gasteiger partial charge in [-0.3, -0.25) is 14.5 Å². The summed E-state index contributed by atoms with van der Waals surface area (Å²) in [6, 6.07) is 10.3. The van der Waals surface area contributed by atoms with E-state index >= 15 is 0 Å². The first kappa shape index (κ1) is 20.2. The van der Waals surface area contributed by atoms with Crippen molar-refractivity contribution in [2.24, 2.45) is 0 Å². The highest BCUT2D eigenvalue weighted by molar-refractivity contribution is 9.11. The molecule has 3 rings (SSSR count). The van der Waals surface area contributed by atoms with E-state index in [1.807, 2.05) is 6.07 Å². The zero-order valence-electron chi connectivity index (χ0n) is 13.4. The summed E-state index contributed by atoms with van der Waals surface area (Å²) >= 11 is 7.38. The Morgan fingerprint density at radius 1 is 1.04 bits per heavy atom. The SMILES string of the molecule is O=C1SC(=Cc2cc(Br)cc(Br)c2)C(=O)N1Cc1ccccc1C(F)(F)F. The Labute approximate surface area is 173 Å². The molecule has 1 heterocycles. The van der Waals surface area contributed by atoms with Crippen LogP contribution in [0.3, 0.4) is 0 Å². The number of rotatable bonds is 3. The largest absolute Gasteiger partial charge is 0.416 e. The smallest absolute Gasteiger partial charge is 0.268 e. The normalized spacial score (nSPS) is 16.5. The molecule has 1 aliphatic heterocycles. The number of alkyl halides is 3. The number of nitrogens with zero attached hydrogens (tertiary/aromatic N) is 1. The summed E-state index contributed by atoms with van der Waals surface area (Å²) in [5.74, 6) is -0.613. The van der Waals surface area contributed by atoms with Crippen LogP contribution in [-0.4, -0.2) is 16.0 Å². The van der Waals surface area contributed by atoms with Crippen molar-refractivity contribution in [1.82, 2.24) is 4.90 Å². The monoisotopic (exact) mass is 519 g/mol. The van der Waals surface area contributed by atoms with E-state index in [0.29, 0.717) is 17.3 Å². The third-order valence-electron chi connectivity index (χ3n) is 3.71. The average molecular weight is 521 g/mol. The summed E-state index contributed by atoms with van der Waals surface area (Å²) in [6.45, 7) is -0.431. The van der Waals surface area contributed by atoms with Gasteiger partial charge in [0.05, 0.1) is 17.0 Å². The number of hydrogen-bond donors (Lipinski definition) is 0. The van der Waals surface area contributed by atoms with Crippen LogP contribution in [0.25, 0.3) is 6.08 Å². The molecule has 3 nitrogen and oxygen atoms in total. The third kappa shape index (κ3) is 4.64. The molecule has 0 atom stereocenters. The number of hydrogen-bond acceptors (Lipinski definition) is 3. The third-order valence-corrected chi connectivity index (χ3v) is 5.53. The van der Waals surface area contributed by atoms with E-state index in [1.54, 1.807) is 12.1 Å². The van der Waals surface area contributed by atoms with Gasteiger partial charge in [0.25, 0.3) is 11.1 Å². The Bertz CT molecular complexity index is 940. The Hall–Kier alpha value is -1.58. The molecule has 1 aliphatic rings. The van der Waals surface area contributed by atoms with Gasteiger partial charge < -0.3 is 0 Å². The summed E-state index contributed by atoms with van der Waals surface area (Å²) < 4.78 is 41.0. The molecule has 1 fully saturated rings. The second-order valence-electron chi connectivity index (χ2n) is 5.63. The second-order valence-corrected chi connectivity index (χ2v) is 8.45. The molecule has 2 amide bonds. The van der Waals surface area contributed by atoms with Crippen LogP contribution in [-0.2, 0) is 17.5 Å². The van der Waals surface area contributed by atoms with Crippen molar-refractivity contribution >= 4 is 60.8 Å². The van der Waals surface area contributed by atoms with Crippen molar-refractivity contribution in [1.29, 1.82) is 0 Å². The van der Waals surface area contributed by atoms with Gasteiger partial charge in [-0.2, -0.15) is 13.2 Å². The number of amides is 2. The van der Waals surface area contributed by atoms with E-state index in [9.17, 15) is 22.8 Å². The molecule has 1 saturated heterocycles. The number of carbonyl (C=O) groups is 2. The molecule has 140 valence electrons. The van der Waals surface area contributed by atoms with Crippen LogP contribution in [0.4, 0.5) is 18.0 Å². The quantitative estimate of drug-likeness (QED) is 0.435. The van der Waals surface area contributed by atoms with Gasteiger partial charge in [0.2, 0.25) is 0 Å². The maximum absolute atomic E-state index is 13.1. The molecule has 27 heavy (non-hydrogen) atoms. The van der Waals surface area contributed by atoms with Crippen molar-refractivity contribution in [2.75, 3.05) is 0 Å². The van der Waals surface area contributed by atoms with E-state index in [0.717, 1.165) is 19.9 Å². The Morgan fingerprint density at radius 3 is 2.30 bits per heavy atom. The van der Waals surface area contributed by atoms with Crippen LogP contribution in [0.5, 0.6) is 0 Å². The lowest BCUT2D eigenvalue weighted by Crippen LogP contribution is -2.28. The van der Waals surface area contributed by atoms with Crippen LogP contribution in [0.1, 0.15) is 16.7 Å². The summed E-state index contributed by atoms with van der Waals surface area (Å²) in [4.78, 5) is 25.8. The van der Waals surface area contributed by atoms with E-state index < -0.39 is 29.4 Å². The minimum absolute atomic E-state index is 0.126. The van der Waals surface area contributed by atoms with Crippen LogP contribution >= 0.6 is 43.6 Å². The Kier molecular flexibility index (Phi) is 5.83. The predicted octanol–water partition coefficient (Wildman–Crippen LogP) is 6.47. The van der Waals surface area contributed by atoms with Gasteiger partial charge in [-0.05, 0) is 53.2 Å². The molecule has 0 spiro atoms. The highest BCUT2D eigenvalue weighted by Gasteiger charge is 2.38. The van der Waals surface area contributed by atoms with Crippen molar-refractivity contribution in [3.8, 4) is 0 Å². The predicted molar refractivity (Wildman–Crippen MR) is 105 cm³/mol. The molecular formula is C18H10Br2F3NO2S. The molecule has 0 N–H and O–H groups in total. The van der Waals surface area contributed by atoms with Gasteiger partial charge in [-0.25, -0.2) is 0 Å². The topological polar surface area (TPSA) is 37.4 Å². The average Bonchev–Trinajstić information content (AvgIpc) is 2.81. The molecule has 0 bridgehead atoms. The van der Waals surface area contributed by atoms with Gasteiger partial charge in [-0.1, -0.05) is 50.1 Å². The van der Waals surface area contributed by atoms with E-state index in [2.05, 4.69) is 31.9 Å². The minimum atomic E-state index is -4.56. The number of halogens is 5. The molecule has 0 unspecified atom stereocenters. The molecule has 2 aromatic carbocycles. The lowest BCUT2D eigenvalue weighted by atomic mass is 10.1. The molecule has 0 saturated carbocycles. The molecule has 0 aromatic heterocycles. The van der Waals surface area contributed by atoms with Crippen molar-refractivity contribution < 1.29 is 22.8 Å². The fourth-order valence-corrected chi connectivity index (χ4v) is 4.72. The number of imide groups is 1. The highest BCUT2D eigenvalue weighted by atomic mass is 79.9. The van der Waals surface area contributed by atoms with E-state index in [-0.39, 0.29) is 10.5 Å². The van der Waals surface area contributed by atoms with Gasteiger partial charge in [-0.15, -0.1) is 0 Å². The van der Waals surface area contributed by atoms with Crippen molar-refractivity contribution in [3.63, 3.8) is 0 Å². The van der Waals surface area contributed by atoms with Crippen LogP contribution in [0.2, 0.25) is 0 Å². The summed E-state index contributed by atoms with van der Waals surface area (Å²) in [6.07, 6.45) is -3.02. The summed E-state index contributed by atoms with van der Waals surface area (Å²) in [7, 11) is 0. The Morgan fingerprint density at radius 2 is 1.67 bits per heavy atom. The zero-order chi connectivity index (χ0) is 19.8. The molecular weight excluding hydrogens is 511 g/mol. The minimum Gasteiger partial charge on any atom is -0.268 e. The maximum Gasteiger partial charge on any atom is 0.416 e. The Balaban J connectivity index is 1.89. The van der Waals surface area contributed by atoms with Gasteiger partial charge >= 0.3 is 6.18 Å². The first-order valence-electron chi connectivity index (χ1n) is 7.52. The van der Waals surface area contributed by atoms with Crippen LogP contribution in [0.15, 0.2) is 56.3 Å². The van der Waals surface area contributed by atoms with Gasteiger partial charge in [0.1, 0.15) is 0 Å². The van der Waals surface area contributed by atoms with Crippen LogP contribution < -0.4 is 0 Å². The fourth-order valence-electron chi connectivity index (χ4n) is 2.55. The van der Waals surface area contributed by atoms with E-state index in [1.165, 1.54) is 24.3 Å². The van der Waals surface area contributed by atoms with Crippen molar-refractivity contribution in [3.05, 3.63) is 73.0 Å². The first-order chi connectivity index (χ1) is 12.6. The van der Waals surface area contributed by atoms with E-state index in [4.69, 9.17) is 0 Å². The molecule has 2 aromatic rings. The fraction of sp³-hybridized carbons (Fsp3) is 0.111. The maximum atomic E-state index is 13.1. The van der Waals surface area contributed by atoms with Gasteiger partial charge in [0.15, 0.2) is 0 Å². The number of carbonyl (C=O) groups excluding carboxylic acids is 2. The van der Waals surface area contributed by atoms with Crippen LogP contribution in [0, 0.1) is 0 Å². The molecule has 0 radical (unpaired) electrons. The van der Waals surface area contributed by atoms with Gasteiger partial charge in [0, 0.05) is 8.95 Å². The second kappa shape index (κ2) is 7.81. The lowest BCUT2D eigenvalue weighted by molar-refractivity contribution is -0.139. The number of benzene rings is 2. The standard InChI is InChI=1S/C18H10Br2F3NO2S/c19-12-5-10(6-13(20)8-12)7-15-16(25)24(17(26)27-15)9-11-3-1-2-4-14(11)18(21,22)23/h1-8H,9H2. The molecule has 9 heteroatoms. The number of thioether (sulfide) groups is 1. The van der Waals surface area contributed by atoms with Crippen molar-refractivity contribution in [2.45, 2.75) is 12.7 Å². The molecule has 0 aliphatic carbocycles. The highest BCUT2D eigenvalue weighted by Crippen LogP contribution is 2.37. The summed E-state index contributed by atoms with van der Waals surface area (Å²) in [5.41, 5.74) is -0.305.